The van der Waals surface area contributed by atoms with Gasteiger partial charge in [-0.15, -0.1) is 0 Å². The summed E-state index contributed by atoms with van der Waals surface area (Å²) >= 11 is 0. The van der Waals surface area contributed by atoms with Gasteiger partial charge in [0.05, 0.1) is 5.60 Å². The monoisotopic (exact) mass is 227 g/mol. The molecule has 0 heterocycles. The third-order valence-corrected chi connectivity index (χ3v) is 4.00. The Morgan fingerprint density at radius 2 is 1.88 bits per heavy atom. The van der Waals surface area contributed by atoms with Crippen molar-refractivity contribution in [3.05, 3.63) is 0 Å². The van der Waals surface area contributed by atoms with Gasteiger partial charge in [-0.05, 0) is 39.0 Å². The standard InChI is InChI=1S/C14H29NO/c1-5-13(12-9-7-6-8-10-12)15-11-14(2,3)16-4/h12-13,15H,5-11H2,1-4H3. The average Bonchev–Trinajstić information content (AvgIpc) is 2.31. The molecule has 2 heteroatoms. The highest BCUT2D eigenvalue weighted by Gasteiger charge is 2.24. The number of hydrogen-bond acceptors (Lipinski definition) is 2. The first-order valence-electron chi connectivity index (χ1n) is 6.87. The van der Waals surface area contributed by atoms with E-state index in [0.29, 0.717) is 6.04 Å². The third kappa shape index (κ3) is 4.42. The summed E-state index contributed by atoms with van der Waals surface area (Å²) in [6.07, 6.45) is 8.37. The van der Waals surface area contributed by atoms with Crippen LogP contribution in [-0.4, -0.2) is 25.3 Å². The quantitative estimate of drug-likeness (QED) is 0.751. The Bertz CT molecular complexity index is 185. The van der Waals surface area contributed by atoms with Crippen LogP contribution in [0.5, 0.6) is 0 Å². The van der Waals surface area contributed by atoms with Gasteiger partial charge in [-0.3, -0.25) is 0 Å². The van der Waals surface area contributed by atoms with E-state index in [2.05, 4.69) is 26.1 Å². The van der Waals surface area contributed by atoms with Crippen LogP contribution in [0.15, 0.2) is 0 Å². The predicted molar refractivity (Wildman–Crippen MR) is 69.7 cm³/mol. The normalized spacial score (nSPS) is 21.0. The van der Waals surface area contributed by atoms with E-state index in [1.807, 2.05) is 0 Å². The van der Waals surface area contributed by atoms with E-state index in [9.17, 15) is 0 Å². The summed E-state index contributed by atoms with van der Waals surface area (Å²) in [5.74, 6) is 0.895. The maximum atomic E-state index is 5.46. The number of hydrogen-bond donors (Lipinski definition) is 1. The van der Waals surface area contributed by atoms with Gasteiger partial charge in [-0.1, -0.05) is 26.2 Å². The van der Waals surface area contributed by atoms with Gasteiger partial charge in [0.15, 0.2) is 0 Å². The summed E-state index contributed by atoms with van der Waals surface area (Å²) in [5, 5.41) is 3.71. The molecule has 0 bridgehead atoms. The molecule has 0 aromatic heterocycles. The Hall–Kier alpha value is -0.0800. The Morgan fingerprint density at radius 1 is 1.25 bits per heavy atom. The Kier molecular flexibility index (Phi) is 5.77. The summed E-state index contributed by atoms with van der Waals surface area (Å²) in [5.41, 5.74) is -0.0396. The molecule has 1 saturated carbocycles. The highest BCUT2D eigenvalue weighted by atomic mass is 16.5. The first-order valence-corrected chi connectivity index (χ1v) is 6.87. The van der Waals surface area contributed by atoms with E-state index in [0.717, 1.165) is 12.5 Å². The lowest BCUT2D eigenvalue weighted by atomic mass is 9.82. The van der Waals surface area contributed by atoms with E-state index < -0.39 is 0 Å². The van der Waals surface area contributed by atoms with Crippen LogP contribution in [0.3, 0.4) is 0 Å². The molecule has 1 fully saturated rings. The van der Waals surface area contributed by atoms with Crippen molar-refractivity contribution in [3.8, 4) is 0 Å². The summed E-state index contributed by atoms with van der Waals surface area (Å²) in [7, 11) is 1.79. The molecule has 0 aliphatic heterocycles. The first-order chi connectivity index (χ1) is 7.59. The van der Waals surface area contributed by atoms with Crippen molar-refractivity contribution in [1.82, 2.24) is 5.32 Å². The fourth-order valence-corrected chi connectivity index (χ4v) is 2.63. The fraction of sp³-hybridized carbons (Fsp3) is 1.00. The van der Waals surface area contributed by atoms with Crippen LogP contribution in [0.4, 0.5) is 0 Å². The van der Waals surface area contributed by atoms with Crippen molar-refractivity contribution in [2.45, 2.75) is 70.9 Å². The molecule has 96 valence electrons. The van der Waals surface area contributed by atoms with E-state index >= 15 is 0 Å². The van der Waals surface area contributed by atoms with Crippen molar-refractivity contribution in [3.63, 3.8) is 0 Å². The molecule has 0 aromatic rings. The summed E-state index contributed by atoms with van der Waals surface area (Å²) < 4.78 is 5.46. The van der Waals surface area contributed by atoms with Crippen molar-refractivity contribution >= 4 is 0 Å². The van der Waals surface area contributed by atoms with Gasteiger partial charge in [0, 0.05) is 19.7 Å². The second-order valence-electron chi connectivity index (χ2n) is 5.76. The lowest BCUT2D eigenvalue weighted by Gasteiger charge is -2.33. The van der Waals surface area contributed by atoms with E-state index in [4.69, 9.17) is 4.74 Å². The summed E-state index contributed by atoms with van der Waals surface area (Å²) in [6, 6.07) is 0.690. The minimum atomic E-state index is -0.0396. The van der Waals surface area contributed by atoms with Crippen LogP contribution in [-0.2, 0) is 4.74 Å². The van der Waals surface area contributed by atoms with Crippen molar-refractivity contribution in [2.24, 2.45) is 5.92 Å². The molecular weight excluding hydrogens is 198 g/mol. The van der Waals surface area contributed by atoms with Crippen LogP contribution in [0.2, 0.25) is 0 Å². The molecule has 1 atom stereocenters. The lowest BCUT2D eigenvalue weighted by Crippen LogP contribution is -2.45. The van der Waals surface area contributed by atoms with Crippen LogP contribution < -0.4 is 5.32 Å². The maximum absolute atomic E-state index is 5.46. The summed E-state index contributed by atoms with van der Waals surface area (Å²) in [4.78, 5) is 0. The minimum Gasteiger partial charge on any atom is -0.377 e. The molecule has 16 heavy (non-hydrogen) atoms. The number of ether oxygens (including phenoxy) is 1. The minimum absolute atomic E-state index is 0.0396. The van der Waals surface area contributed by atoms with Crippen LogP contribution in [0, 0.1) is 5.92 Å². The highest BCUT2D eigenvalue weighted by Crippen LogP contribution is 2.27. The average molecular weight is 227 g/mol. The molecular formula is C14H29NO. The van der Waals surface area contributed by atoms with Gasteiger partial charge in [-0.2, -0.15) is 0 Å². The van der Waals surface area contributed by atoms with Gasteiger partial charge in [0.2, 0.25) is 0 Å². The molecule has 0 amide bonds. The van der Waals surface area contributed by atoms with Crippen LogP contribution in [0.1, 0.15) is 59.3 Å². The van der Waals surface area contributed by atoms with E-state index in [1.165, 1.54) is 38.5 Å². The SMILES string of the molecule is CCC(NCC(C)(C)OC)C1CCCCC1. The smallest absolute Gasteiger partial charge is 0.0746 e. The second kappa shape index (κ2) is 6.61. The first kappa shape index (κ1) is 14.0. The van der Waals surface area contributed by atoms with E-state index in [1.54, 1.807) is 7.11 Å². The van der Waals surface area contributed by atoms with Crippen LogP contribution >= 0.6 is 0 Å². The molecule has 0 aromatic carbocycles. The molecule has 1 unspecified atom stereocenters. The van der Waals surface area contributed by atoms with Crippen molar-refractivity contribution < 1.29 is 4.74 Å². The molecule has 0 spiro atoms. The molecule has 0 saturated heterocycles. The second-order valence-corrected chi connectivity index (χ2v) is 5.76. The zero-order chi connectivity index (χ0) is 12.0. The molecule has 1 N–H and O–H groups in total. The summed E-state index contributed by atoms with van der Waals surface area (Å²) in [6.45, 7) is 7.55. The van der Waals surface area contributed by atoms with Crippen molar-refractivity contribution in [1.29, 1.82) is 0 Å². The molecule has 0 radical (unpaired) electrons. The Balaban J connectivity index is 2.36. The zero-order valence-electron chi connectivity index (χ0n) is 11.5. The van der Waals surface area contributed by atoms with Crippen molar-refractivity contribution in [2.75, 3.05) is 13.7 Å². The number of rotatable bonds is 6. The Morgan fingerprint density at radius 3 is 2.38 bits per heavy atom. The van der Waals surface area contributed by atoms with Gasteiger partial charge in [0.25, 0.3) is 0 Å². The molecule has 1 rings (SSSR count). The number of methoxy groups -OCH3 is 1. The third-order valence-electron chi connectivity index (χ3n) is 4.00. The Labute approximate surface area is 101 Å². The number of nitrogens with one attached hydrogen (secondary N) is 1. The van der Waals surface area contributed by atoms with E-state index in [-0.39, 0.29) is 5.60 Å². The fourth-order valence-electron chi connectivity index (χ4n) is 2.63. The van der Waals surface area contributed by atoms with Gasteiger partial charge >= 0.3 is 0 Å². The molecule has 1 aliphatic carbocycles. The molecule has 1 aliphatic rings. The zero-order valence-corrected chi connectivity index (χ0v) is 11.5. The lowest BCUT2D eigenvalue weighted by molar-refractivity contribution is 0.0185. The highest BCUT2D eigenvalue weighted by molar-refractivity contribution is 4.81. The van der Waals surface area contributed by atoms with Gasteiger partial charge in [0.1, 0.15) is 0 Å². The van der Waals surface area contributed by atoms with Gasteiger partial charge in [-0.25, -0.2) is 0 Å². The molecule has 2 nitrogen and oxygen atoms in total. The predicted octanol–water partition coefficient (Wildman–Crippen LogP) is 3.36. The maximum Gasteiger partial charge on any atom is 0.0746 e. The van der Waals surface area contributed by atoms with Gasteiger partial charge < -0.3 is 10.1 Å². The largest absolute Gasteiger partial charge is 0.377 e. The van der Waals surface area contributed by atoms with Crippen LogP contribution in [0.25, 0.3) is 0 Å². The topological polar surface area (TPSA) is 21.3 Å².